The lowest BCUT2D eigenvalue weighted by molar-refractivity contribution is -0.140. The van der Waals surface area contributed by atoms with E-state index in [2.05, 4.69) is 4.72 Å². The van der Waals surface area contributed by atoms with E-state index in [9.17, 15) is 18.3 Å². The molecule has 1 aromatic rings. The van der Waals surface area contributed by atoms with E-state index in [1.54, 1.807) is 12.1 Å². The van der Waals surface area contributed by atoms with Crippen LogP contribution in [0.3, 0.4) is 0 Å². The maximum atomic E-state index is 12.3. The first-order chi connectivity index (χ1) is 10.3. The average Bonchev–Trinajstić information content (AvgIpc) is 2.93. The summed E-state index contributed by atoms with van der Waals surface area (Å²) in [6, 6.07) is 6.52. The van der Waals surface area contributed by atoms with Crippen LogP contribution in [0.5, 0.6) is 0 Å². The molecule has 1 saturated heterocycles. The van der Waals surface area contributed by atoms with Gasteiger partial charge in [-0.1, -0.05) is 17.7 Å². The van der Waals surface area contributed by atoms with Crippen LogP contribution in [-0.4, -0.2) is 38.2 Å². The molecule has 2 unspecified atom stereocenters. The van der Waals surface area contributed by atoms with Crippen LogP contribution in [-0.2, 0) is 19.6 Å². The van der Waals surface area contributed by atoms with Crippen molar-refractivity contribution in [1.82, 2.24) is 4.72 Å². The summed E-state index contributed by atoms with van der Waals surface area (Å²) >= 11 is 0. The Labute approximate surface area is 128 Å². The van der Waals surface area contributed by atoms with Gasteiger partial charge in [0.2, 0.25) is 10.0 Å². The minimum absolute atomic E-state index is 0.0169. The molecular weight excluding hydrogens is 308 g/mol. The second kappa shape index (κ2) is 6.44. The Morgan fingerprint density at radius 2 is 2.09 bits per heavy atom. The van der Waals surface area contributed by atoms with Gasteiger partial charge in [0.05, 0.1) is 11.0 Å². The third kappa shape index (κ3) is 3.44. The summed E-state index contributed by atoms with van der Waals surface area (Å²) in [6.45, 7) is 2.05. The number of aliphatic carboxylic acids is 1. The first-order valence-corrected chi connectivity index (χ1v) is 8.16. The molecule has 3 atom stereocenters. The number of aryl methyl sites for hydroxylation is 1. The van der Waals surface area contributed by atoms with Crippen LogP contribution in [0.4, 0.5) is 0 Å². The zero-order valence-corrected chi connectivity index (χ0v) is 12.7. The van der Waals surface area contributed by atoms with Crippen LogP contribution in [0.2, 0.25) is 0 Å². The van der Waals surface area contributed by atoms with Crippen LogP contribution in [0.25, 0.3) is 0 Å². The number of carboxylic acid groups (broad SMARTS) is 1. The van der Waals surface area contributed by atoms with E-state index in [1.807, 2.05) is 13.0 Å². The van der Waals surface area contributed by atoms with Crippen LogP contribution >= 0.6 is 0 Å². The van der Waals surface area contributed by atoms with Crippen molar-refractivity contribution in [3.8, 4) is 6.07 Å². The van der Waals surface area contributed by atoms with E-state index in [4.69, 9.17) is 10.00 Å². The predicted octanol–water partition coefficient (Wildman–Crippen LogP) is 0.655. The molecule has 2 rings (SSSR count). The van der Waals surface area contributed by atoms with Crippen molar-refractivity contribution in [2.75, 3.05) is 6.61 Å². The molecule has 1 heterocycles. The number of nitrogens with one attached hydrogen (secondary N) is 1. The van der Waals surface area contributed by atoms with Crippen LogP contribution in [0.1, 0.15) is 12.0 Å². The standard InChI is InChI=1S/C14H16N2O5S/c1-9-2-4-10(5-3-9)22(19,20)16-13(14(17)18)11-6-7-21-12(11)8-15/h2-5,11-13,16H,6-7H2,1H3,(H,17,18)/t11-,12?,13?/m1/s1. The molecule has 0 saturated carbocycles. The quantitative estimate of drug-likeness (QED) is 0.821. The number of benzene rings is 1. The topological polar surface area (TPSA) is 116 Å². The van der Waals surface area contributed by atoms with Crippen molar-refractivity contribution < 1.29 is 23.1 Å². The van der Waals surface area contributed by atoms with E-state index in [-0.39, 0.29) is 11.5 Å². The third-order valence-electron chi connectivity index (χ3n) is 3.57. The Morgan fingerprint density at radius 3 is 2.64 bits per heavy atom. The van der Waals surface area contributed by atoms with Gasteiger partial charge in [0, 0.05) is 12.5 Å². The maximum Gasteiger partial charge on any atom is 0.322 e. The van der Waals surface area contributed by atoms with Gasteiger partial charge in [-0.05, 0) is 25.5 Å². The van der Waals surface area contributed by atoms with Crippen LogP contribution in [0.15, 0.2) is 29.2 Å². The van der Waals surface area contributed by atoms with Gasteiger partial charge >= 0.3 is 5.97 Å². The van der Waals surface area contributed by atoms with Crippen molar-refractivity contribution in [2.45, 2.75) is 30.4 Å². The first kappa shape index (κ1) is 16.4. The molecule has 8 heteroatoms. The summed E-state index contributed by atoms with van der Waals surface area (Å²) in [4.78, 5) is 11.4. The molecule has 0 aromatic heterocycles. The number of carboxylic acids is 1. The number of nitriles is 1. The molecule has 22 heavy (non-hydrogen) atoms. The van der Waals surface area contributed by atoms with Gasteiger partial charge in [0.15, 0.2) is 0 Å². The van der Waals surface area contributed by atoms with Crippen molar-refractivity contribution in [2.24, 2.45) is 5.92 Å². The molecule has 0 radical (unpaired) electrons. The maximum absolute atomic E-state index is 12.3. The highest BCUT2D eigenvalue weighted by atomic mass is 32.2. The molecule has 1 aliphatic heterocycles. The lowest BCUT2D eigenvalue weighted by Crippen LogP contribution is -2.48. The third-order valence-corrected chi connectivity index (χ3v) is 5.03. The van der Waals surface area contributed by atoms with E-state index < -0.39 is 34.1 Å². The smallest absolute Gasteiger partial charge is 0.322 e. The Morgan fingerprint density at radius 1 is 1.45 bits per heavy atom. The van der Waals surface area contributed by atoms with Gasteiger partial charge in [-0.25, -0.2) is 8.42 Å². The number of rotatable bonds is 5. The number of nitrogens with zero attached hydrogens (tertiary/aromatic N) is 1. The number of hydrogen-bond donors (Lipinski definition) is 2. The van der Waals surface area contributed by atoms with Crippen LogP contribution < -0.4 is 4.72 Å². The fraction of sp³-hybridized carbons (Fsp3) is 0.429. The molecule has 0 spiro atoms. The number of ether oxygens (including phenoxy) is 1. The van der Waals surface area contributed by atoms with Crippen molar-refractivity contribution in [3.05, 3.63) is 29.8 Å². The second-order valence-corrected chi connectivity index (χ2v) is 6.84. The fourth-order valence-corrected chi connectivity index (χ4v) is 3.59. The molecular formula is C14H16N2O5S. The summed E-state index contributed by atoms with van der Waals surface area (Å²) in [5, 5.41) is 18.3. The number of hydrogen-bond acceptors (Lipinski definition) is 5. The highest BCUT2D eigenvalue weighted by Gasteiger charge is 2.41. The second-order valence-electron chi connectivity index (χ2n) is 5.12. The molecule has 2 N–H and O–H groups in total. The zero-order chi connectivity index (χ0) is 16.3. The highest BCUT2D eigenvalue weighted by Crippen LogP contribution is 2.25. The monoisotopic (exact) mass is 324 g/mol. The largest absolute Gasteiger partial charge is 0.480 e. The van der Waals surface area contributed by atoms with E-state index in [1.165, 1.54) is 12.1 Å². The SMILES string of the molecule is Cc1ccc(S(=O)(=O)NC(C(=O)O)[C@@H]2CCOC2C#N)cc1. The lowest BCUT2D eigenvalue weighted by Gasteiger charge is -2.21. The summed E-state index contributed by atoms with van der Waals surface area (Å²) in [5.74, 6) is -2.05. The molecule has 1 fully saturated rings. The van der Waals surface area contributed by atoms with Crippen molar-refractivity contribution >= 4 is 16.0 Å². The van der Waals surface area contributed by atoms with Crippen molar-refractivity contribution in [1.29, 1.82) is 5.26 Å². The number of sulfonamides is 1. The molecule has 7 nitrogen and oxygen atoms in total. The van der Waals surface area contributed by atoms with Gasteiger partial charge in [-0.15, -0.1) is 0 Å². The molecule has 0 bridgehead atoms. The predicted molar refractivity (Wildman–Crippen MR) is 76.4 cm³/mol. The van der Waals surface area contributed by atoms with Gasteiger partial charge in [-0.3, -0.25) is 4.79 Å². The molecule has 0 amide bonds. The summed E-state index contributed by atoms with van der Waals surface area (Å²) in [6.07, 6.45) is -0.618. The van der Waals surface area contributed by atoms with Crippen molar-refractivity contribution in [3.63, 3.8) is 0 Å². The normalized spacial score (nSPS) is 22.9. The van der Waals surface area contributed by atoms with Gasteiger partial charge in [0.1, 0.15) is 12.1 Å². The Balaban J connectivity index is 2.26. The first-order valence-electron chi connectivity index (χ1n) is 6.68. The highest BCUT2D eigenvalue weighted by molar-refractivity contribution is 7.89. The zero-order valence-electron chi connectivity index (χ0n) is 11.9. The number of carbonyl (C=O) groups is 1. The van der Waals surface area contributed by atoms with Gasteiger partial charge in [-0.2, -0.15) is 9.98 Å². The van der Waals surface area contributed by atoms with E-state index in [0.717, 1.165) is 5.56 Å². The van der Waals surface area contributed by atoms with E-state index >= 15 is 0 Å². The summed E-state index contributed by atoms with van der Waals surface area (Å²) in [5.41, 5.74) is 0.891. The van der Waals surface area contributed by atoms with Gasteiger partial charge < -0.3 is 9.84 Å². The van der Waals surface area contributed by atoms with E-state index in [0.29, 0.717) is 6.42 Å². The Bertz CT molecular complexity index is 693. The molecule has 0 aliphatic carbocycles. The Hall–Kier alpha value is -1.95. The molecule has 1 aromatic carbocycles. The molecule has 1 aliphatic rings. The fourth-order valence-electron chi connectivity index (χ4n) is 2.35. The minimum atomic E-state index is -3.99. The molecule has 118 valence electrons. The van der Waals surface area contributed by atoms with Gasteiger partial charge in [0.25, 0.3) is 0 Å². The summed E-state index contributed by atoms with van der Waals surface area (Å²) in [7, 11) is -3.99. The minimum Gasteiger partial charge on any atom is -0.480 e. The summed E-state index contributed by atoms with van der Waals surface area (Å²) < 4.78 is 31.9. The Kier molecular flexibility index (Phi) is 4.81. The lowest BCUT2D eigenvalue weighted by atomic mass is 9.94. The average molecular weight is 324 g/mol. The van der Waals surface area contributed by atoms with Crippen LogP contribution in [0, 0.1) is 24.2 Å².